The summed E-state index contributed by atoms with van der Waals surface area (Å²) in [5.41, 5.74) is 6.76. The Bertz CT molecular complexity index is 769. The molecule has 1 aliphatic rings. The summed E-state index contributed by atoms with van der Waals surface area (Å²) in [6.07, 6.45) is 2.06. The van der Waals surface area contributed by atoms with Crippen molar-refractivity contribution in [1.29, 1.82) is 0 Å². The minimum absolute atomic E-state index is 0.109. The van der Waals surface area contributed by atoms with Crippen LogP contribution in [0.4, 0.5) is 5.82 Å². The van der Waals surface area contributed by atoms with Gasteiger partial charge in [-0.3, -0.25) is 13.6 Å². The molecule has 0 radical (unpaired) electrons. The largest absolute Gasteiger partial charge is 0.472 e. The summed E-state index contributed by atoms with van der Waals surface area (Å²) in [5.74, 6) is 0.270. The fourth-order valence-electron chi connectivity index (χ4n) is 2.57. The zero-order valence-corrected chi connectivity index (χ0v) is 14.0. The molecule has 24 heavy (non-hydrogen) atoms. The van der Waals surface area contributed by atoms with E-state index >= 15 is 0 Å². The van der Waals surface area contributed by atoms with E-state index in [2.05, 4.69) is 19.5 Å². The number of nitrogen functional groups attached to an aromatic ring is 1. The molecule has 0 aromatic carbocycles. The number of methoxy groups -OCH3 is 1. The van der Waals surface area contributed by atoms with Gasteiger partial charge in [0.2, 0.25) is 0 Å². The quantitative estimate of drug-likeness (QED) is 0.698. The normalized spacial score (nSPS) is 26.7. The molecule has 12 heteroatoms. The van der Waals surface area contributed by atoms with E-state index in [0.717, 1.165) is 7.11 Å². The van der Waals surface area contributed by atoms with Gasteiger partial charge in [-0.05, 0) is 0 Å². The number of nitrogens with two attached hydrogens (primary N) is 1. The zero-order chi connectivity index (χ0) is 17.3. The van der Waals surface area contributed by atoms with Gasteiger partial charge in [0.25, 0.3) is 0 Å². The number of phosphoric ester groups is 1. The second-order valence-electron chi connectivity index (χ2n) is 5.19. The first-order chi connectivity index (χ1) is 11.4. The van der Waals surface area contributed by atoms with Crippen molar-refractivity contribution in [3.8, 4) is 0 Å². The van der Waals surface area contributed by atoms with Crippen LogP contribution >= 0.6 is 7.82 Å². The van der Waals surface area contributed by atoms with Crippen molar-refractivity contribution in [2.75, 3.05) is 26.6 Å². The number of imidazole rings is 1. The summed E-state index contributed by atoms with van der Waals surface area (Å²) in [4.78, 5) is 21.6. The molecule has 0 saturated carbocycles. The first kappa shape index (κ1) is 17.2. The highest BCUT2D eigenvalue weighted by molar-refractivity contribution is 7.47. The van der Waals surface area contributed by atoms with E-state index in [0.29, 0.717) is 17.6 Å². The molecule has 1 unspecified atom stereocenters. The topological polar surface area (TPSA) is 144 Å². The third kappa shape index (κ3) is 3.27. The molecular weight excluding hydrogens is 341 g/mol. The molecule has 3 N–H and O–H groups in total. The predicted octanol–water partition coefficient (Wildman–Crippen LogP) is 0.474. The van der Waals surface area contributed by atoms with Gasteiger partial charge in [-0.25, -0.2) is 19.5 Å². The summed E-state index contributed by atoms with van der Waals surface area (Å²) in [6, 6.07) is 0. The smallest absolute Gasteiger partial charge is 0.382 e. The lowest BCUT2D eigenvalue weighted by Crippen LogP contribution is -2.21. The minimum atomic E-state index is -4.06. The monoisotopic (exact) mass is 359 g/mol. The number of aromatic nitrogens is 4. The van der Waals surface area contributed by atoms with Crippen LogP contribution in [0.25, 0.3) is 11.2 Å². The Morgan fingerprint density at radius 1 is 1.46 bits per heavy atom. The number of anilines is 1. The standard InChI is InChI=1S/C12H18N5O6P/c1-20-8-3-7(4-22-24(18,19)21-2)23-12(8)17-6-16-9-10(13)14-5-15-11(9)17/h5-8,12H,3-4H2,1-2H3,(H,18,19)(H2,13,14,15)/t7-,8+,12+/m0/s1. The van der Waals surface area contributed by atoms with Gasteiger partial charge in [0.15, 0.2) is 17.7 Å². The fourth-order valence-corrected chi connectivity index (χ4v) is 3.03. The van der Waals surface area contributed by atoms with Crippen molar-refractivity contribution in [3.05, 3.63) is 12.7 Å². The highest BCUT2D eigenvalue weighted by Crippen LogP contribution is 2.43. The molecule has 4 atom stereocenters. The van der Waals surface area contributed by atoms with Crippen LogP contribution in [0, 0.1) is 0 Å². The summed E-state index contributed by atoms with van der Waals surface area (Å²) in [7, 11) is -1.41. The van der Waals surface area contributed by atoms with Crippen molar-refractivity contribution in [1.82, 2.24) is 19.5 Å². The SMILES string of the molecule is CO[C@@H]1C[C@@H](COP(=O)(O)OC)O[C@H]1n1cnc2c(N)ncnc21. The molecule has 11 nitrogen and oxygen atoms in total. The molecule has 3 rings (SSSR count). The minimum Gasteiger partial charge on any atom is -0.382 e. The van der Waals surface area contributed by atoms with Gasteiger partial charge in [-0.15, -0.1) is 0 Å². The van der Waals surface area contributed by atoms with Gasteiger partial charge in [0, 0.05) is 20.6 Å². The molecule has 0 spiro atoms. The van der Waals surface area contributed by atoms with Crippen molar-refractivity contribution in [3.63, 3.8) is 0 Å². The van der Waals surface area contributed by atoms with Gasteiger partial charge in [0.05, 0.1) is 19.0 Å². The Kier molecular flexibility index (Phi) is 4.81. The number of nitrogens with zero attached hydrogens (tertiary/aromatic N) is 4. The average Bonchev–Trinajstić information content (AvgIpc) is 3.17. The lowest BCUT2D eigenvalue weighted by molar-refractivity contribution is -0.0581. The third-order valence-electron chi connectivity index (χ3n) is 3.76. The lowest BCUT2D eigenvalue weighted by atomic mass is 10.2. The van der Waals surface area contributed by atoms with E-state index < -0.39 is 20.2 Å². The van der Waals surface area contributed by atoms with E-state index in [1.807, 2.05) is 0 Å². The summed E-state index contributed by atoms with van der Waals surface area (Å²) in [6.45, 7) is -0.109. The molecule has 2 aromatic rings. The summed E-state index contributed by atoms with van der Waals surface area (Å²) in [5, 5.41) is 0. The van der Waals surface area contributed by atoms with Crippen LogP contribution in [0.15, 0.2) is 12.7 Å². The van der Waals surface area contributed by atoms with Crippen molar-refractivity contribution < 1.29 is 28.0 Å². The van der Waals surface area contributed by atoms with E-state index in [1.54, 1.807) is 18.0 Å². The van der Waals surface area contributed by atoms with Crippen molar-refractivity contribution in [2.45, 2.75) is 24.9 Å². The summed E-state index contributed by atoms with van der Waals surface area (Å²) >= 11 is 0. The molecule has 132 valence electrons. The molecule has 0 bridgehead atoms. The van der Waals surface area contributed by atoms with Crippen LogP contribution in [0.5, 0.6) is 0 Å². The van der Waals surface area contributed by atoms with Gasteiger partial charge in [-0.2, -0.15) is 0 Å². The van der Waals surface area contributed by atoms with Crippen LogP contribution in [0.1, 0.15) is 12.6 Å². The van der Waals surface area contributed by atoms with Crippen LogP contribution in [-0.2, 0) is 23.1 Å². The van der Waals surface area contributed by atoms with Crippen LogP contribution in [-0.4, -0.2) is 57.4 Å². The Morgan fingerprint density at radius 2 is 2.25 bits per heavy atom. The number of phosphoric acid groups is 1. The maximum atomic E-state index is 11.4. The van der Waals surface area contributed by atoms with E-state index in [1.165, 1.54) is 6.33 Å². The van der Waals surface area contributed by atoms with Crippen LogP contribution in [0.2, 0.25) is 0 Å². The van der Waals surface area contributed by atoms with Crippen molar-refractivity contribution >= 4 is 24.8 Å². The summed E-state index contributed by atoms with van der Waals surface area (Å²) < 4.78 is 33.7. The van der Waals surface area contributed by atoms with Crippen LogP contribution in [0.3, 0.4) is 0 Å². The molecule has 0 amide bonds. The molecule has 1 saturated heterocycles. The Balaban J connectivity index is 1.79. The average molecular weight is 359 g/mol. The van der Waals surface area contributed by atoms with Crippen molar-refractivity contribution in [2.24, 2.45) is 0 Å². The lowest BCUT2D eigenvalue weighted by Gasteiger charge is -2.19. The van der Waals surface area contributed by atoms with Crippen LogP contribution < -0.4 is 5.73 Å². The zero-order valence-electron chi connectivity index (χ0n) is 13.1. The fraction of sp³-hybridized carbons (Fsp3) is 0.583. The molecular formula is C12H18N5O6P. The second kappa shape index (κ2) is 6.71. The van der Waals surface area contributed by atoms with Gasteiger partial charge in [0.1, 0.15) is 17.9 Å². The molecule has 3 heterocycles. The Labute approximate surface area is 137 Å². The number of hydrogen-bond acceptors (Lipinski definition) is 9. The number of hydrogen-bond donors (Lipinski definition) is 2. The predicted molar refractivity (Wildman–Crippen MR) is 81.8 cm³/mol. The number of ether oxygens (including phenoxy) is 2. The first-order valence-electron chi connectivity index (χ1n) is 7.09. The molecule has 2 aromatic heterocycles. The first-order valence-corrected chi connectivity index (χ1v) is 8.59. The Hall–Kier alpha value is -1.62. The highest BCUT2D eigenvalue weighted by Gasteiger charge is 2.39. The number of rotatable bonds is 6. The second-order valence-corrected chi connectivity index (χ2v) is 6.75. The van der Waals surface area contributed by atoms with E-state index in [4.69, 9.17) is 19.7 Å². The number of fused-ring (bicyclic) bond motifs is 1. The van der Waals surface area contributed by atoms with Gasteiger partial charge < -0.3 is 20.1 Å². The molecule has 1 aliphatic heterocycles. The molecule has 1 fully saturated rings. The van der Waals surface area contributed by atoms with Gasteiger partial charge >= 0.3 is 7.82 Å². The third-order valence-corrected chi connectivity index (χ3v) is 4.70. The van der Waals surface area contributed by atoms with E-state index in [-0.39, 0.29) is 18.5 Å². The molecule has 0 aliphatic carbocycles. The highest BCUT2D eigenvalue weighted by atomic mass is 31.2. The Morgan fingerprint density at radius 3 is 2.96 bits per heavy atom. The van der Waals surface area contributed by atoms with Gasteiger partial charge in [-0.1, -0.05) is 0 Å². The van der Waals surface area contributed by atoms with E-state index in [9.17, 15) is 9.46 Å². The maximum Gasteiger partial charge on any atom is 0.472 e. The maximum absolute atomic E-state index is 11.4.